The number of guanidine groups is 1. The SMILES string of the molecule is CCNC(=NCC1CCCO1)NCCC(=O)Nc1cccc(Cl)c1C.I. The topological polar surface area (TPSA) is 74.8 Å². The number of halogens is 2. The predicted molar refractivity (Wildman–Crippen MR) is 118 cm³/mol. The van der Waals surface area contributed by atoms with Crippen LogP contribution in [0.3, 0.4) is 0 Å². The second kappa shape index (κ2) is 12.3. The van der Waals surface area contributed by atoms with E-state index in [1.807, 2.05) is 26.0 Å². The van der Waals surface area contributed by atoms with Crippen LogP contribution in [0.2, 0.25) is 5.02 Å². The average molecular weight is 495 g/mol. The van der Waals surface area contributed by atoms with Crippen LogP contribution in [0.5, 0.6) is 0 Å². The Morgan fingerprint density at radius 2 is 2.19 bits per heavy atom. The number of hydrogen-bond acceptors (Lipinski definition) is 3. The number of rotatable bonds is 7. The van der Waals surface area contributed by atoms with Crippen molar-refractivity contribution in [2.75, 3.05) is 31.6 Å². The van der Waals surface area contributed by atoms with Crippen LogP contribution in [-0.4, -0.2) is 44.2 Å². The summed E-state index contributed by atoms with van der Waals surface area (Å²) in [6, 6.07) is 5.48. The number of aliphatic imine (C=N–C) groups is 1. The number of nitrogens with one attached hydrogen (secondary N) is 3. The van der Waals surface area contributed by atoms with E-state index in [2.05, 4.69) is 20.9 Å². The Morgan fingerprint density at radius 1 is 1.38 bits per heavy atom. The van der Waals surface area contributed by atoms with Gasteiger partial charge in [-0.1, -0.05) is 17.7 Å². The number of carbonyl (C=O) groups is 1. The highest BCUT2D eigenvalue weighted by molar-refractivity contribution is 14.0. The van der Waals surface area contributed by atoms with Gasteiger partial charge in [-0.15, -0.1) is 24.0 Å². The van der Waals surface area contributed by atoms with Crippen LogP contribution in [0.25, 0.3) is 0 Å². The highest BCUT2D eigenvalue weighted by Crippen LogP contribution is 2.22. The van der Waals surface area contributed by atoms with Crippen LogP contribution in [0, 0.1) is 6.92 Å². The first kappa shape index (κ1) is 23.0. The molecule has 3 N–H and O–H groups in total. The molecular formula is C18H28ClIN4O2. The normalized spacial score (nSPS) is 16.7. The molecule has 0 saturated carbocycles. The van der Waals surface area contributed by atoms with Gasteiger partial charge in [0.25, 0.3) is 0 Å². The first-order chi connectivity index (χ1) is 12.1. The van der Waals surface area contributed by atoms with Crippen LogP contribution in [-0.2, 0) is 9.53 Å². The highest BCUT2D eigenvalue weighted by Gasteiger charge is 2.15. The summed E-state index contributed by atoms with van der Waals surface area (Å²) in [6.45, 7) is 6.64. The van der Waals surface area contributed by atoms with Crippen molar-refractivity contribution in [1.82, 2.24) is 10.6 Å². The summed E-state index contributed by atoms with van der Waals surface area (Å²) in [5.41, 5.74) is 1.62. The second-order valence-electron chi connectivity index (χ2n) is 5.99. The van der Waals surface area contributed by atoms with Gasteiger partial charge in [-0.3, -0.25) is 9.79 Å². The van der Waals surface area contributed by atoms with E-state index in [1.165, 1.54) is 0 Å². The van der Waals surface area contributed by atoms with Crippen LogP contribution >= 0.6 is 35.6 Å². The summed E-state index contributed by atoms with van der Waals surface area (Å²) in [4.78, 5) is 16.6. The third-order valence-corrected chi connectivity index (χ3v) is 4.42. The van der Waals surface area contributed by atoms with Gasteiger partial charge in [-0.25, -0.2) is 0 Å². The molecule has 146 valence electrons. The number of anilines is 1. The molecule has 1 saturated heterocycles. The summed E-state index contributed by atoms with van der Waals surface area (Å²) < 4.78 is 5.57. The van der Waals surface area contributed by atoms with Gasteiger partial charge in [-0.05, 0) is 44.4 Å². The van der Waals surface area contributed by atoms with Crippen molar-refractivity contribution >= 4 is 53.1 Å². The maximum absolute atomic E-state index is 12.1. The van der Waals surface area contributed by atoms with Gasteiger partial charge < -0.3 is 20.7 Å². The summed E-state index contributed by atoms with van der Waals surface area (Å²) in [5, 5.41) is 9.90. The van der Waals surface area contributed by atoms with Crippen LogP contribution in [0.4, 0.5) is 5.69 Å². The summed E-state index contributed by atoms with van der Waals surface area (Å²) in [7, 11) is 0. The van der Waals surface area contributed by atoms with Crippen molar-refractivity contribution in [3.8, 4) is 0 Å². The van der Waals surface area contributed by atoms with E-state index >= 15 is 0 Å². The molecule has 1 aromatic carbocycles. The molecule has 1 amide bonds. The summed E-state index contributed by atoms with van der Waals surface area (Å²) >= 11 is 6.07. The molecule has 2 rings (SSSR count). The molecule has 0 spiro atoms. The van der Waals surface area contributed by atoms with E-state index in [4.69, 9.17) is 16.3 Å². The fourth-order valence-electron chi connectivity index (χ4n) is 2.57. The Balaban J connectivity index is 0.00000338. The third-order valence-electron chi connectivity index (χ3n) is 4.01. The van der Waals surface area contributed by atoms with E-state index in [9.17, 15) is 4.79 Å². The fraction of sp³-hybridized carbons (Fsp3) is 0.556. The van der Waals surface area contributed by atoms with Crippen molar-refractivity contribution in [3.63, 3.8) is 0 Å². The monoisotopic (exact) mass is 494 g/mol. The van der Waals surface area contributed by atoms with Crippen molar-refractivity contribution in [1.29, 1.82) is 0 Å². The molecule has 1 fully saturated rings. The Bertz CT molecular complexity index is 607. The highest BCUT2D eigenvalue weighted by atomic mass is 127. The smallest absolute Gasteiger partial charge is 0.226 e. The first-order valence-electron chi connectivity index (χ1n) is 8.79. The van der Waals surface area contributed by atoms with E-state index in [1.54, 1.807) is 6.07 Å². The molecule has 0 bridgehead atoms. The van der Waals surface area contributed by atoms with Gasteiger partial charge in [0.15, 0.2) is 5.96 Å². The predicted octanol–water partition coefficient (Wildman–Crippen LogP) is 3.33. The van der Waals surface area contributed by atoms with E-state index in [0.29, 0.717) is 30.5 Å². The average Bonchev–Trinajstić information content (AvgIpc) is 3.10. The third kappa shape index (κ3) is 7.67. The second-order valence-corrected chi connectivity index (χ2v) is 6.40. The lowest BCUT2D eigenvalue weighted by molar-refractivity contribution is -0.116. The molecule has 6 nitrogen and oxygen atoms in total. The molecule has 1 aliphatic heterocycles. The Hall–Kier alpha value is -1.06. The minimum atomic E-state index is -0.0622. The van der Waals surface area contributed by atoms with Gasteiger partial charge in [0.2, 0.25) is 5.91 Å². The summed E-state index contributed by atoms with van der Waals surface area (Å²) in [6.07, 6.45) is 2.72. The molecule has 1 atom stereocenters. The summed E-state index contributed by atoms with van der Waals surface area (Å²) in [5.74, 6) is 0.651. The maximum atomic E-state index is 12.1. The number of benzene rings is 1. The van der Waals surface area contributed by atoms with Gasteiger partial charge in [0.1, 0.15) is 0 Å². The van der Waals surface area contributed by atoms with Crippen LogP contribution in [0.15, 0.2) is 23.2 Å². The largest absolute Gasteiger partial charge is 0.376 e. The van der Waals surface area contributed by atoms with Gasteiger partial charge in [0, 0.05) is 36.8 Å². The molecule has 1 heterocycles. The van der Waals surface area contributed by atoms with Gasteiger partial charge in [0.05, 0.1) is 12.6 Å². The quantitative estimate of drug-likeness (QED) is 0.309. The number of carbonyl (C=O) groups excluding carboxylic acids is 1. The minimum Gasteiger partial charge on any atom is -0.376 e. The zero-order valence-electron chi connectivity index (χ0n) is 15.3. The van der Waals surface area contributed by atoms with Crippen molar-refractivity contribution < 1.29 is 9.53 Å². The molecule has 1 aliphatic rings. The van der Waals surface area contributed by atoms with Crippen LogP contribution in [0.1, 0.15) is 31.7 Å². The molecule has 1 aromatic rings. The number of ether oxygens (including phenoxy) is 1. The molecule has 1 unspecified atom stereocenters. The number of nitrogens with zero attached hydrogens (tertiary/aromatic N) is 1. The molecule has 26 heavy (non-hydrogen) atoms. The first-order valence-corrected chi connectivity index (χ1v) is 9.16. The van der Waals surface area contributed by atoms with E-state index in [-0.39, 0.29) is 36.0 Å². The number of hydrogen-bond donors (Lipinski definition) is 3. The standard InChI is InChI=1S/C18H27ClN4O2.HI/c1-3-20-18(22-12-14-6-5-11-25-14)21-10-9-17(24)23-16-8-4-7-15(19)13(16)2;/h4,7-8,14H,3,5-6,9-12H2,1-2H3,(H,23,24)(H2,20,21,22);1H. The zero-order chi connectivity index (χ0) is 18.1. The maximum Gasteiger partial charge on any atom is 0.226 e. The molecule has 0 aliphatic carbocycles. The Morgan fingerprint density at radius 3 is 2.88 bits per heavy atom. The van der Waals surface area contributed by atoms with Gasteiger partial charge >= 0.3 is 0 Å². The lowest BCUT2D eigenvalue weighted by Crippen LogP contribution is -2.39. The fourth-order valence-corrected chi connectivity index (χ4v) is 2.75. The van der Waals surface area contributed by atoms with Gasteiger partial charge in [-0.2, -0.15) is 0 Å². The molecule has 0 aromatic heterocycles. The Labute approximate surface area is 177 Å². The van der Waals surface area contributed by atoms with E-state index in [0.717, 1.165) is 37.2 Å². The molecular weight excluding hydrogens is 467 g/mol. The number of amides is 1. The minimum absolute atomic E-state index is 0. The van der Waals surface area contributed by atoms with Crippen molar-refractivity contribution in [3.05, 3.63) is 28.8 Å². The van der Waals surface area contributed by atoms with Crippen LogP contribution < -0.4 is 16.0 Å². The molecule has 0 radical (unpaired) electrons. The lowest BCUT2D eigenvalue weighted by atomic mass is 10.2. The van der Waals surface area contributed by atoms with Crippen molar-refractivity contribution in [2.24, 2.45) is 4.99 Å². The zero-order valence-corrected chi connectivity index (χ0v) is 18.4. The molecule has 8 heteroatoms. The lowest BCUT2D eigenvalue weighted by Gasteiger charge is -2.13. The Kier molecular flexibility index (Phi) is 10.9. The van der Waals surface area contributed by atoms with Crippen molar-refractivity contribution in [2.45, 2.75) is 39.2 Å². The van der Waals surface area contributed by atoms with E-state index < -0.39 is 0 Å².